The second-order valence-electron chi connectivity index (χ2n) is 8.12. The van der Waals surface area contributed by atoms with Gasteiger partial charge in [-0.1, -0.05) is 42.0 Å². The fourth-order valence-electron chi connectivity index (χ4n) is 4.08. The molecule has 7 heteroatoms. The molecule has 0 N–H and O–H groups in total. The van der Waals surface area contributed by atoms with Crippen molar-refractivity contribution >= 4 is 5.97 Å². The highest BCUT2D eigenvalue weighted by molar-refractivity contribution is 5.77. The van der Waals surface area contributed by atoms with Gasteiger partial charge < -0.3 is 9.47 Å². The standard InChI is InChI=1S/C24H28F3NO3/c1-18-7-9-19(10-8-18)17-23(22(29)30-2)11-13-28(14-12-23)15-16-31-21-6-4-3-5-20(21)24(25,26)27/h3-10H,11-17H2,1-2H3. The zero-order chi connectivity index (χ0) is 22.5. The molecule has 1 fully saturated rings. The molecular weight excluding hydrogens is 407 g/mol. The Labute approximate surface area is 181 Å². The third kappa shape index (κ3) is 5.79. The van der Waals surface area contributed by atoms with Gasteiger partial charge in [-0.25, -0.2) is 0 Å². The highest BCUT2D eigenvalue weighted by Gasteiger charge is 2.42. The molecule has 4 nitrogen and oxygen atoms in total. The first kappa shape index (κ1) is 23.1. The van der Waals surface area contributed by atoms with Gasteiger partial charge in [-0.3, -0.25) is 9.69 Å². The van der Waals surface area contributed by atoms with Crippen LogP contribution in [-0.4, -0.2) is 44.2 Å². The molecule has 0 aromatic heterocycles. The molecule has 3 rings (SSSR count). The van der Waals surface area contributed by atoms with E-state index in [0.29, 0.717) is 38.9 Å². The normalized spacial score (nSPS) is 16.7. The van der Waals surface area contributed by atoms with E-state index in [-0.39, 0.29) is 18.3 Å². The maximum absolute atomic E-state index is 13.1. The SMILES string of the molecule is COC(=O)C1(Cc2ccc(C)cc2)CCN(CCOc2ccccc2C(F)(F)F)CC1. The number of carbonyl (C=O) groups excluding carboxylic acids is 1. The molecule has 31 heavy (non-hydrogen) atoms. The molecular formula is C24H28F3NO3. The summed E-state index contributed by atoms with van der Waals surface area (Å²) in [6.45, 7) is 3.98. The lowest BCUT2D eigenvalue weighted by Gasteiger charge is -2.39. The molecule has 0 saturated carbocycles. The van der Waals surface area contributed by atoms with Crippen LogP contribution in [0, 0.1) is 12.3 Å². The molecule has 0 bridgehead atoms. The minimum absolute atomic E-state index is 0.149. The summed E-state index contributed by atoms with van der Waals surface area (Å²) >= 11 is 0. The van der Waals surface area contributed by atoms with Crippen LogP contribution in [0.2, 0.25) is 0 Å². The fourth-order valence-corrected chi connectivity index (χ4v) is 4.08. The van der Waals surface area contributed by atoms with E-state index in [1.54, 1.807) is 0 Å². The first-order chi connectivity index (χ1) is 14.7. The monoisotopic (exact) mass is 435 g/mol. The van der Waals surface area contributed by atoms with Crippen molar-refractivity contribution in [1.29, 1.82) is 0 Å². The maximum Gasteiger partial charge on any atom is 0.419 e. The van der Waals surface area contributed by atoms with E-state index in [0.717, 1.165) is 17.2 Å². The summed E-state index contributed by atoms with van der Waals surface area (Å²) in [5.41, 5.74) is 0.912. The van der Waals surface area contributed by atoms with Gasteiger partial charge in [0.15, 0.2) is 0 Å². The summed E-state index contributed by atoms with van der Waals surface area (Å²) < 4.78 is 49.8. The number of alkyl halides is 3. The minimum Gasteiger partial charge on any atom is -0.492 e. The van der Waals surface area contributed by atoms with Crippen molar-refractivity contribution in [3.05, 3.63) is 65.2 Å². The van der Waals surface area contributed by atoms with Crippen molar-refractivity contribution in [2.75, 3.05) is 33.4 Å². The number of methoxy groups -OCH3 is 1. The van der Waals surface area contributed by atoms with Crippen molar-refractivity contribution in [2.45, 2.75) is 32.4 Å². The van der Waals surface area contributed by atoms with Crippen LogP contribution in [0.4, 0.5) is 13.2 Å². The first-order valence-electron chi connectivity index (χ1n) is 10.4. The molecule has 1 aliphatic heterocycles. The summed E-state index contributed by atoms with van der Waals surface area (Å²) in [5.74, 6) is -0.363. The van der Waals surface area contributed by atoms with Crippen LogP contribution in [0.5, 0.6) is 5.75 Å². The van der Waals surface area contributed by atoms with Gasteiger partial charge in [-0.15, -0.1) is 0 Å². The van der Waals surface area contributed by atoms with Crippen molar-refractivity contribution in [3.8, 4) is 5.75 Å². The second-order valence-corrected chi connectivity index (χ2v) is 8.12. The molecule has 2 aromatic rings. The minimum atomic E-state index is -4.45. The van der Waals surface area contributed by atoms with Gasteiger partial charge in [0.1, 0.15) is 12.4 Å². The zero-order valence-corrected chi connectivity index (χ0v) is 17.9. The van der Waals surface area contributed by atoms with Crippen molar-refractivity contribution in [1.82, 2.24) is 4.90 Å². The lowest BCUT2D eigenvalue weighted by molar-refractivity contribution is -0.156. The number of halogens is 3. The van der Waals surface area contributed by atoms with Crippen LogP contribution < -0.4 is 4.74 Å². The second kappa shape index (κ2) is 9.73. The molecule has 1 saturated heterocycles. The number of para-hydroxylation sites is 1. The number of rotatable bonds is 7. The van der Waals surface area contributed by atoms with Gasteiger partial charge in [0.2, 0.25) is 0 Å². The van der Waals surface area contributed by atoms with E-state index < -0.39 is 17.2 Å². The van der Waals surface area contributed by atoms with Crippen molar-refractivity contribution in [2.24, 2.45) is 5.41 Å². The predicted molar refractivity (Wildman–Crippen MR) is 112 cm³/mol. The Bertz CT molecular complexity index is 872. The summed E-state index contributed by atoms with van der Waals surface area (Å²) in [4.78, 5) is 14.7. The largest absolute Gasteiger partial charge is 0.492 e. The summed E-state index contributed by atoms with van der Waals surface area (Å²) in [7, 11) is 1.41. The average molecular weight is 435 g/mol. The number of hydrogen-bond donors (Lipinski definition) is 0. The molecule has 0 amide bonds. The van der Waals surface area contributed by atoms with Gasteiger partial charge in [0.05, 0.1) is 18.1 Å². The smallest absolute Gasteiger partial charge is 0.419 e. The van der Waals surface area contributed by atoms with E-state index >= 15 is 0 Å². The summed E-state index contributed by atoms with van der Waals surface area (Å²) in [6.07, 6.45) is -2.57. The van der Waals surface area contributed by atoms with Crippen molar-refractivity contribution < 1.29 is 27.4 Å². The Kier molecular flexibility index (Phi) is 7.26. The topological polar surface area (TPSA) is 38.8 Å². The van der Waals surface area contributed by atoms with E-state index in [4.69, 9.17) is 9.47 Å². The van der Waals surface area contributed by atoms with Crippen molar-refractivity contribution in [3.63, 3.8) is 0 Å². The van der Waals surface area contributed by atoms with Gasteiger partial charge in [-0.2, -0.15) is 13.2 Å². The Morgan fingerprint density at radius 3 is 2.32 bits per heavy atom. The summed E-state index contributed by atoms with van der Waals surface area (Å²) in [5, 5.41) is 0. The van der Waals surface area contributed by atoms with Crippen LogP contribution in [0.1, 0.15) is 29.5 Å². The predicted octanol–water partition coefficient (Wildman–Crippen LogP) is 4.89. The van der Waals surface area contributed by atoms with Crippen LogP contribution in [0.15, 0.2) is 48.5 Å². The van der Waals surface area contributed by atoms with E-state index in [9.17, 15) is 18.0 Å². The van der Waals surface area contributed by atoms with Crippen LogP contribution >= 0.6 is 0 Å². The molecule has 0 aliphatic carbocycles. The number of benzene rings is 2. The number of aryl methyl sites for hydroxylation is 1. The number of esters is 1. The molecule has 2 aromatic carbocycles. The number of piperidine rings is 1. The van der Waals surface area contributed by atoms with Crippen LogP contribution in [0.3, 0.4) is 0 Å². The molecule has 168 valence electrons. The first-order valence-corrected chi connectivity index (χ1v) is 10.4. The lowest BCUT2D eigenvalue weighted by Crippen LogP contribution is -2.47. The number of likely N-dealkylation sites (tertiary alicyclic amines) is 1. The van der Waals surface area contributed by atoms with Crippen LogP contribution in [0.25, 0.3) is 0 Å². The number of ether oxygens (including phenoxy) is 2. The Morgan fingerprint density at radius 2 is 1.71 bits per heavy atom. The third-order valence-corrected chi connectivity index (χ3v) is 5.95. The molecule has 0 radical (unpaired) electrons. The highest BCUT2D eigenvalue weighted by Crippen LogP contribution is 2.37. The Balaban J connectivity index is 1.57. The van der Waals surface area contributed by atoms with E-state index in [1.165, 1.54) is 25.3 Å². The quantitative estimate of drug-likeness (QED) is 0.581. The highest BCUT2D eigenvalue weighted by atomic mass is 19.4. The molecule has 1 aliphatic rings. The Morgan fingerprint density at radius 1 is 1.06 bits per heavy atom. The fraction of sp³-hybridized carbons (Fsp3) is 0.458. The van der Waals surface area contributed by atoms with Gasteiger partial charge in [-0.05, 0) is 57.0 Å². The zero-order valence-electron chi connectivity index (χ0n) is 17.9. The number of hydrogen-bond acceptors (Lipinski definition) is 4. The Hall–Kier alpha value is -2.54. The third-order valence-electron chi connectivity index (χ3n) is 5.95. The van der Waals surface area contributed by atoms with Crippen LogP contribution in [-0.2, 0) is 22.1 Å². The molecule has 1 heterocycles. The van der Waals surface area contributed by atoms with Gasteiger partial charge >= 0.3 is 12.1 Å². The maximum atomic E-state index is 13.1. The lowest BCUT2D eigenvalue weighted by atomic mass is 9.73. The van der Waals surface area contributed by atoms with Gasteiger partial charge in [0.25, 0.3) is 0 Å². The van der Waals surface area contributed by atoms with Gasteiger partial charge in [0, 0.05) is 6.54 Å². The van der Waals surface area contributed by atoms with E-state index in [1.807, 2.05) is 31.2 Å². The number of nitrogens with zero attached hydrogens (tertiary/aromatic N) is 1. The number of carbonyl (C=O) groups is 1. The van der Waals surface area contributed by atoms with E-state index in [2.05, 4.69) is 4.90 Å². The average Bonchev–Trinajstić information content (AvgIpc) is 2.75. The molecule has 0 atom stereocenters. The summed E-state index contributed by atoms with van der Waals surface area (Å²) in [6, 6.07) is 13.4. The molecule has 0 unspecified atom stereocenters. The molecule has 0 spiro atoms.